The van der Waals surface area contributed by atoms with Gasteiger partial charge in [-0.1, -0.05) is 36.2 Å². The average molecular weight is 312 g/mol. The number of hydrogen-bond donors (Lipinski definition) is 1. The van der Waals surface area contributed by atoms with Crippen LogP contribution < -0.4 is 5.32 Å². The van der Waals surface area contributed by atoms with Crippen LogP contribution in [0, 0.1) is 0 Å². The molecule has 0 saturated heterocycles. The molecule has 2 rings (SSSR count). The van der Waals surface area contributed by atoms with Gasteiger partial charge >= 0.3 is 0 Å². The maximum absolute atomic E-state index is 6.27. The Morgan fingerprint density at radius 3 is 2.55 bits per heavy atom. The Morgan fingerprint density at radius 1 is 1.25 bits per heavy atom. The molecule has 5 heteroatoms. The van der Waals surface area contributed by atoms with Crippen molar-refractivity contribution in [1.82, 2.24) is 14.9 Å². The van der Waals surface area contributed by atoms with E-state index in [1.807, 2.05) is 30.6 Å². The molecule has 1 aromatic carbocycles. The lowest BCUT2D eigenvalue weighted by atomic mass is 10.0. The van der Waals surface area contributed by atoms with Crippen LogP contribution >= 0.6 is 23.2 Å². The van der Waals surface area contributed by atoms with Gasteiger partial charge in [0.2, 0.25) is 0 Å². The summed E-state index contributed by atoms with van der Waals surface area (Å²) in [6.45, 7) is 5.95. The number of hydrogen-bond acceptors (Lipinski definition) is 2. The normalized spacial score (nSPS) is 12.6. The van der Waals surface area contributed by atoms with Crippen LogP contribution in [0.25, 0.3) is 0 Å². The molecule has 1 heterocycles. The van der Waals surface area contributed by atoms with Crippen molar-refractivity contribution in [2.24, 2.45) is 0 Å². The SMILES string of the molecule is CCNC(Cc1c(Cl)cccc1Cl)c1nccn1CC. The van der Waals surface area contributed by atoms with Crippen LogP contribution in [0.2, 0.25) is 10.0 Å². The third-order valence-corrected chi connectivity index (χ3v) is 4.03. The number of nitrogens with one attached hydrogen (secondary N) is 1. The summed E-state index contributed by atoms with van der Waals surface area (Å²) < 4.78 is 2.14. The zero-order valence-corrected chi connectivity index (χ0v) is 13.2. The molecule has 0 fully saturated rings. The lowest BCUT2D eigenvalue weighted by molar-refractivity contribution is 0.495. The highest BCUT2D eigenvalue weighted by Crippen LogP contribution is 2.29. The summed E-state index contributed by atoms with van der Waals surface area (Å²) in [7, 11) is 0. The lowest BCUT2D eigenvalue weighted by Gasteiger charge is -2.20. The molecule has 3 nitrogen and oxygen atoms in total. The molecule has 2 aromatic rings. The molecular weight excluding hydrogens is 293 g/mol. The molecule has 1 unspecified atom stereocenters. The van der Waals surface area contributed by atoms with E-state index in [-0.39, 0.29) is 6.04 Å². The van der Waals surface area contributed by atoms with Crippen LogP contribution in [0.15, 0.2) is 30.6 Å². The molecule has 0 radical (unpaired) electrons. The largest absolute Gasteiger partial charge is 0.334 e. The van der Waals surface area contributed by atoms with Gasteiger partial charge in [0.1, 0.15) is 5.82 Å². The summed E-state index contributed by atoms with van der Waals surface area (Å²) in [5.74, 6) is 1.02. The van der Waals surface area contributed by atoms with Crippen LogP contribution in [-0.4, -0.2) is 16.1 Å². The van der Waals surface area contributed by atoms with Crippen molar-refractivity contribution in [3.63, 3.8) is 0 Å². The summed E-state index contributed by atoms with van der Waals surface area (Å²) in [4.78, 5) is 4.48. The molecule has 1 atom stereocenters. The van der Waals surface area contributed by atoms with E-state index < -0.39 is 0 Å². The fraction of sp³-hybridized carbons (Fsp3) is 0.400. The van der Waals surface area contributed by atoms with Gasteiger partial charge in [0.25, 0.3) is 0 Å². The van der Waals surface area contributed by atoms with E-state index in [2.05, 4.69) is 28.7 Å². The van der Waals surface area contributed by atoms with E-state index in [1.54, 1.807) is 0 Å². The first-order valence-electron chi connectivity index (χ1n) is 6.84. The monoisotopic (exact) mass is 311 g/mol. The molecule has 1 aromatic heterocycles. The van der Waals surface area contributed by atoms with Crippen LogP contribution in [0.4, 0.5) is 0 Å². The number of aryl methyl sites for hydroxylation is 1. The lowest BCUT2D eigenvalue weighted by Crippen LogP contribution is -2.26. The minimum absolute atomic E-state index is 0.104. The average Bonchev–Trinajstić information content (AvgIpc) is 2.90. The van der Waals surface area contributed by atoms with Crippen molar-refractivity contribution in [2.75, 3.05) is 6.54 Å². The predicted molar refractivity (Wildman–Crippen MR) is 84.5 cm³/mol. The summed E-state index contributed by atoms with van der Waals surface area (Å²) in [5, 5.41) is 4.87. The van der Waals surface area contributed by atoms with Crippen LogP contribution in [0.1, 0.15) is 31.3 Å². The van der Waals surface area contributed by atoms with Crippen LogP contribution in [0.3, 0.4) is 0 Å². The number of benzene rings is 1. The molecule has 0 aliphatic carbocycles. The fourth-order valence-electron chi connectivity index (χ4n) is 2.33. The van der Waals surface area contributed by atoms with Crippen molar-refractivity contribution < 1.29 is 0 Å². The van der Waals surface area contributed by atoms with Crippen molar-refractivity contribution in [3.8, 4) is 0 Å². The zero-order valence-electron chi connectivity index (χ0n) is 11.7. The number of nitrogens with zero attached hydrogens (tertiary/aromatic N) is 2. The molecule has 108 valence electrons. The molecule has 20 heavy (non-hydrogen) atoms. The Morgan fingerprint density at radius 2 is 1.95 bits per heavy atom. The second-order valence-electron chi connectivity index (χ2n) is 4.59. The summed E-state index contributed by atoms with van der Waals surface area (Å²) in [6.07, 6.45) is 4.55. The van der Waals surface area contributed by atoms with Gasteiger partial charge in [-0.3, -0.25) is 0 Å². The number of likely N-dealkylation sites (N-methyl/N-ethyl adjacent to an activating group) is 1. The number of halogens is 2. The standard InChI is InChI=1S/C15H19Cl2N3/c1-3-18-14(15-19-8-9-20(15)4-2)10-11-12(16)6-5-7-13(11)17/h5-9,14,18H,3-4,10H2,1-2H3. The Bertz CT molecular complexity index is 546. The van der Waals surface area contributed by atoms with Crippen LogP contribution in [0.5, 0.6) is 0 Å². The third-order valence-electron chi connectivity index (χ3n) is 3.32. The first-order valence-corrected chi connectivity index (χ1v) is 7.60. The third kappa shape index (κ3) is 3.35. The molecular formula is C15H19Cl2N3. The highest BCUT2D eigenvalue weighted by molar-refractivity contribution is 6.36. The van der Waals surface area contributed by atoms with E-state index >= 15 is 0 Å². The van der Waals surface area contributed by atoms with Gasteiger partial charge in [0, 0.05) is 29.0 Å². The van der Waals surface area contributed by atoms with E-state index in [4.69, 9.17) is 23.2 Å². The predicted octanol–water partition coefficient (Wildman–Crippen LogP) is 4.10. The Kier molecular flexibility index (Phi) is 5.46. The quantitative estimate of drug-likeness (QED) is 0.870. The van der Waals surface area contributed by atoms with Gasteiger partial charge in [0.15, 0.2) is 0 Å². The van der Waals surface area contributed by atoms with E-state index in [9.17, 15) is 0 Å². The van der Waals surface area contributed by atoms with E-state index in [0.29, 0.717) is 10.0 Å². The summed E-state index contributed by atoms with van der Waals surface area (Å²) >= 11 is 12.5. The highest BCUT2D eigenvalue weighted by atomic mass is 35.5. The number of aromatic nitrogens is 2. The van der Waals surface area contributed by atoms with Gasteiger partial charge < -0.3 is 9.88 Å². The van der Waals surface area contributed by atoms with Crippen molar-refractivity contribution in [1.29, 1.82) is 0 Å². The first-order chi connectivity index (χ1) is 9.67. The molecule has 0 spiro atoms. The molecule has 0 amide bonds. The Balaban J connectivity index is 2.30. The molecule has 0 aliphatic heterocycles. The smallest absolute Gasteiger partial charge is 0.126 e. The fourth-order valence-corrected chi connectivity index (χ4v) is 2.88. The minimum Gasteiger partial charge on any atom is -0.334 e. The number of imidazole rings is 1. The zero-order chi connectivity index (χ0) is 14.5. The van der Waals surface area contributed by atoms with Crippen molar-refractivity contribution >= 4 is 23.2 Å². The van der Waals surface area contributed by atoms with Gasteiger partial charge in [-0.15, -0.1) is 0 Å². The van der Waals surface area contributed by atoms with E-state index in [0.717, 1.165) is 30.9 Å². The van der Waals surface area contributed by atoms with Crippen molar-refractivity contribution in [2.45, 2.75) is 32.9 Å². The molecule has 0 bridgehead atoms. The second kappa shape index (κ2) is 7.11. The maximum atomic E-state index is 6.27. The van der Waals surface area contributed by atoms with Crippen LogP contribution in [-0.2, 0) is 13.0 Å². The Hall–Kier alpha value is -1.03. The van der Waals surface area contributed by atoms with Gasteiger partial charge in [-0.05, 0) is 37.6 Å². The molecule has 0 aliphatic rings. The summed E-state index contributed by atoms with van der Waals surface area (Å²) in [5.41, 5.74) is 0.965. The highest BCUT2D eigenvalue weighted by Gasteiger charge is 2.19. The Labute approximate surface area is 129 Å². The van der Waals surface area contributed by atoms with E-state index in [1.165, 1.54) is 0 Å². The number of rotatable bonds is 6. The molecule has 0 saturated carbocycles. The maximum Gasteiger partial charge on any atom is 0.126 e. The van der Waals surface area contributed by atoms with Gasteiger partial charge in [0.05, 0.1) is 6.04 Å². The van der Waals surface area contributed by atoms with Gasteiger partial charge in [-0.25, -0.2) is 4.98 Å². The van der Waals surface area contributed by atoms with Crippen molar-refractivity contribution in [3.05, 3.63) is 52.0 Å². The van der Waals surface area contributed by atoms with Gasteiger partial charge in [-0.2, -0.15) is 0 Å². The minimum atomic E-state index is 0.104. The first kappa shape index (κ1) is 15.4. The second-order valence-corrected chi connectivity index (χ2v) is 5.40. The molecule has 1 N–H and O–H groups in total. The topological polar surface area (TPSA) is 29.9 Å². The summed E-state index contributed by atoms with van der Waals surface area (Å²) in [6, 6.07) is 5.71.